The van der Waals surface area contributed by atoms with Crippen molar-refractivity contribution in [3.05, 3.63) is 42.1 Å². The Labute approximate surface area is 97.5 Å². The average molecular weight is 233 g/mol. The molecule has 0 bridgehead atoms. The van der Waals surface area contributed by atoms with Crippen molar-refractivity contribution in [3.63, 3.8) is 0 Å². The zero-order valence-corrected chi connectivity index (χ0v) is 9.20. The third-order valence-corrected chi connectivity index (χ3v) is 2.25. The molecule has 0 fully saturated rings. The van der Waals surface area contributed by atoms with Gasteiger partial charge in [0.2, 0.25) is 5.88 Å². The lowest BCUT2D eigenvalue weighted by atomic mass is 10.3. The highest BCUT2D eigenvalue weighted by Crippen LogP contribution is 2.09. The molecular formula is C11H11N3O3. The molecule has 0 unspecified atom stereocenters. The van der Waals surface area contributed by atoms with Crippen molar-refractivity contribution >= 4 is 5.97 Å². The number of imidazole rings is 1. The molecule has 0 saturated heterocycles. The van der Waals surface area contributed by atoms with Crippen LogP contribution in [0.1, 0.15) is 16.2 Å². The zero-order valence-electron chi connectivity index (χ0n) is 9.20. The number of hydrogen-bond acceptors (Lipinski definition) is 4. The summed E-state index contributed by atoms with van der Waals surface area (Å²) in [7, 11) is 1.87. The first-order chi connectivity index (χ1) is 8.16. The minimum atomic E-state index is -1.01. The number of ether oxygens (including phenoxy) is 1. The largest absolute Gasteiger partial charge is 0.478 e. The number of rotatable bonds is 4. The highest BCUT2D eigenvalue weighted by atomic mass is 16.5. The summed E-state index contributed by atoms with van der Waals surface area (Å²) in [6, 6.07) is 2.97. The molecule has 0 aliphatic heterocycles. The van der Waals surface area contributed by atoms with Gasteiger partial charge in [-0.05, 0) is 6.07 Å². The lowest BCUT2D eigenvalue weighted by Crippen LogP contribution is -2.04. The van der Waals surface area contributed by atoms with Gasteiger partial charge in [0.15, 0.2) is 0 Å². The fraction of sp³-hybridized carbons (Fsp3) is 0.182. The first kappa shape index (κ1) is 11.1. The maximum atomic E-state index is 10.6. The second kappa shape index (κ2) is 4.65. The fourth-order valence-electron chi connectivity index (χ4n) is 1.27. The Kier molecular flexibility index (Phi) is 3.04. The monoisotopic (exact) mass is 233 g/mol. The van der Waals surface area contributed by atoms with Crippen LogP contribution in [-0.2, 0) is 13.7 Å². The molecule has 6 heteroatoms. The van der Waals surface area contributed by atoms with Gasteiger partial charge in [0.25, 0.3) is 0 Å². The van der Waals surface area contributed by atoms with Crippen molar-refractivity contribution in [3.8, 4) is 5.88 Å². The van der Waals surface area contributed by atoms with Crippen LogP contribution in [0.5, 0.6) is 5.88 Å². The molecule has 2 aromatic heterocycles. The molecule has 0 amide bonds. The zero-order chi connectivity index (χ0) is 12.3. The van der Waals surface area contributed by atoms with Gasteiger partial charge in [0.05, 0.1) is 5.56 Å². The number of nitrogens with zero attached hydrogens (tertiary/aromatic N) is 3. The number of aromatic carboxylic acids is 1. The third kappa shape index (κ3) is 2.60. The molecule has 0 aromatic carbocycles. The molecule has 0 aliphatic carbocycles. The van der Waals surface area contributed by atoms with Crippen molar-refractivity contribution in [2.45, 2.75) is 6.61 Å². The van der Waals surface area contributed by atoms with E-state index in [-0.39, 0.29) is 5.56 Å². The number of pyridine rings is 1. The van der Waals surface area contributed by atoms with Crippen molar-refractivity contribution in [2.75, 3.05) is 0 Å². The first-order valence-electron chi connectivity index (χ1n) is 4.95. The predicted molar refractivity (Wildman–Crippen MR) is 58.7 cm³/mol. The van der Waals surface area contributed by atoms with Crippen LogP contribution in [-0.4, -0.2) is 25.6 Å². The quantitative estimate of drug-likeness (QED) is 0.855. The summed E-state index contributed by atoms with van der Waals surface area (Å²) in [5, 5.41) is 8.70. The third-order valence-electron chi connectivity index (χ3n) is 2.25. The van der Waals surface area contributed by atoms with Crippen molar-refractivity contribution < 1.29 is 14.6 Å². The van der Waals surface area contributed by atoms with Crippen LogP contribution in [0.15, 0.2) is 30.7 Å². The molecule has 2 rings (SSSR count). The fourth-order valence-corrected chi connectivity index (χ4v) is 1.27. The maximum absolute atomic E-state index is 10.6. The molecule has 0 spiro atoms. The van der Waals surface area contributed by atoms with E-state index in [1.54, 1.807) is 6.20 Å². The summed E-state index contributed by atoms with van der Waals surface area (Å²) >= 11 is 0. The van der Waals surface area contributed by atoms with E-state index in [1.165, 1.54) is 18.3 Å². The highest BCUT2D eigenvalue weighted by molar-refractivity contribution is 5.87. The normalized spacial score (nSPS) is 10.2. The van der Waals surface area contributed by atoms with Gasteiger partial charge in [0.1, 0.15) is 12.4 Å². The number of carbonyl (C=O) groups is 1. The van der Waals surface area contributed by atoms with Gasteiger partial charge in [0, 0.05) is 31.7 Å². The van der Waals surface area contributed by atoms with Gasteiger partial charge >= 0.3 is 5.97 Å². The number of aryl methyl sites for hydroxylation is 1. The molecule has 6 nitrogen and oxygen atoms in total. The number of carboxylic acid groups (broad SMARTS) is 1. The molecule has 88 valence electrons. The molecule has 17 heavy (non-hydrogen) atoms. The van der Waals surface area contributed by atoms with E-state index >= 15 is 0 Å². The summed E-state index contributed by atoms with van der Waals surface area (Å²) in [6.45, 7) is 0.295. The van der Waals surface area contributed by atoms with Crippen LogP contribution >= 0.6 is 0 Å². The molecule has 0 atom stereocenters. The summed E-state index contributed by atoms with van der Waals surface area (Å²) < 4.78 is 7.22. The molecule has 1 N–H and O–H groups in total. The lowest BCUT2D eigenvalue weighted by molar-refractivity contribution is 0.0696. The maximum Gasteiger partial charge on any atom is 0.337 e. The van der Waals surface area contributed by atoms with E-state index in [4.69, 9.17) is 9.84 Å². The standard InChI is InChI=1S/C11H11N3O3/c1-14-5-4-12-9(14)7-17-10-3-2-8(6-13-10)11(15)16/h2-6H,7H2,1H3,(H,15,16). The van der Waals surface area contributed by atoms with Crippen LogP contribution in [0, 0.1) is 0 Å². The Morgan fingerprint density at radius 3 is 2.82 bits per heavy atom. The van der Waals surface area contributed by atoms with Crippen LogP contribution in [0.2, 0.25) is 0 Å². The Balaban J connectivity index is 2.00. The van der Waals surface area contributed by atoms with Crippen molar-refractivity contribution in [1.29, 1.82) is 0 Å². The number of aromatic nitrogens is 3. The summed E-state index contributed by atoms with van der Waals surface area (Å²) in [5.74, 6) is 0.139. The molecule has 0 aliphatic rings. The van der Waals surface area contributed by atoms with Gasteiger partial charge in [-0.25, -0.2) is 14.8 Å². The molecule has 2 heterocycles. The van der Waals surface area contributed by atoms with Gasteiger partial charge in [-0.15, -0.1) is 0 Å². The van der Waals surface area contributed by atoms with Gasteiger partial charge in [-0.3, -0.25) is 0 Å². The topological polar surface area (TPSA) is 77.2 Å². The second-order valence-corrected chi connectivity index (χ2v) is 3.43. The smallest absolute Gasteiger partial charge is 0.337 e. The van der Waals surface area contributed by atoms with Gasteiger partial charge in [-0.2, -0.15) is 0 Å². The molecule has 0 radical (unpaired) electrons. The van der Waals surface area contributed by atoms with Crippen molar-refractivity contribution in [1.82, 2.24) is 14.5 Å². The average Bonchev–Trinajstić information content (AvgIpc) is 2.73. The van der Waals surface area contributed by atoms with E-state index in [1.807, 2.05) is 17.8 Å². The number of carboxylic acids is 1. The molecule has 2 aromatic rings. The Hall–Kier alpha value is -2.37. The molecular weight excluding hydrogens is 222 g/mol. The van der Waals surface area contributed by atoms with Crippen LogP contribution < -0.4 is 4.74 Å². The van der Waals surface area contributed by atoms with E-state index in [9.17, 15) is 4.79 Å². The minimum Gasteiger partial charge on any atom is -0.478 e. The van der Waals surface area contributed by atoms with Crippen LogP contribution in [0.3, 0.4) is 0 Å². The summed E-state index contributed by atoms with van der Waals surface area (Å²) in [4.78, 5) is 18.6. The van der Waals surface area contributed by atoms with Crippen LogP contribution in [0.4, 0.5) is 0 Å². The SMILES string of the molecule is Cn1ccnc1COc1ccc(C(=O)O)cn1. The number of hydrogen-bond donors (Lipinski definition) is 1. The second-order valence-electron chi connectivity index (χ2n) is 3.43. The van der Waals surface area contributed by atoms with Gasteiger partial charge in [-0.1, -0.05) is 0 Å². The highest BCUT2D eigenvalue weighted by Gasteiger charge is 2.04. The Morgan fingerprint density at radius 2 is 2.29 bits per heavy atom. The van der Waals surface area contributed by atoms with Crippen LogP contribution in [0.25, 0.3) is 0 Å². The predicted octanol–water partition coefficient (Wildman–Crippen LogP) is 1.09. The van der Waals surface area contributed by atoms with E-state index in [0.717, 1.165) is 5.82 Å². The van der Waals surface area contributed by atoms with Crippen molar-refractivity contribution in [2.24, 2.45) is 7.05 Å². The van der Waals surface area contributed by atoms with Gasteiger partial charge < -0.3 is 14.4 Å². The van der Waals surface area contributed by atoms with E-state index < -0.39 is 5.97 Å². The van der Waals surface area contributed by atoms with E-state index in [2.05, 4.69) is 9.97 Å². The summed E-state index contributed by atoms with van der Waals surface area (Å²) in [6.07, 6.45) is 4.76. The summed E-state index contributed by atoms with van der Waals surface area (Å²) in [5.41, 5.74) is 0.134. The minimum absolute atomic E-state index is 0.134. The van der Waals surface area contributed by atoms with E-state index in [0.29, 0.717) is 12.5 Å². The first-order valence-corrected chi connectivity index (χ1v) is 4.95. The Bertz CT molecular complexity index is 519. The molecule has 0 saturated carbocycles. The lowest BCUT2D eigenvalue weighted by Gasteiger charge is -2.05. The Morgan fingerprint density at radius 1 is 1.47 bits per heavy atom.